The molecule has 3 aromatic carbocycles. The van der Waals surface area contributed by atoms with Crippen molar-refractivity contribution in [1.82, 2.24) is 14.1 Å². The third-order valence-corrected chi connectivity index (χ3v) is 5.65. The molecule has 4 nitrogen and oxygen atoms in total. The Bertz CT molecular complexity index is 1380. The van der Waals surface area contributed by atoms with Crippen LogP contribution in [0.15, 0.2) is 90.0 Å². The summed E-state index contributed by atoms with van der Waals surface area (Å²) in [7, 11) is 0. The Morgan fingerprint density at radius 3 is 2.30 bits per heavy atom. The number of nitrogens with zero attached hydrogens (tertiary/aromatic N) is 3. The molecule has 0 saturated carbocycles. The van der Waals surface area contributed by atoms with E-state index in [-0.39, 0.29) is 5.56 Å². The molecule has 30 heavy (non-hydrogen) atoms. The second-order valence-corrected chi connectivity index (χ2v) is 7.77. The van der Waals surface area contributed by atoms with E-state index in [4.69, 9.17) is 4.98 Å². The lowest BCUT2D eigenvalue weighted by Crippen LogP contribution is -2.23. The van der Waals surface area contributed by atoms with Gasteiger partial charge in [-0.05, 0) is 36.6 Å². The summed E-state index contributed by atoms with van der Waals surface area (Å²) in [5.41, 5.74) is 6.06. The summed E-state index contributed by atoms with van der Waals surface area (Å²) in [5, 5.41) is 1.04. The fourth-order valence-electron chi connectivity index (χ4n) is 4.10. The zero-order valence-corrected chi connectivity index (χ0v) is 17.0. The van der Waals surface area contributed by atoms with E-state index in [1.807, 2.05) is 36.4 Å². The molecule has 2 heterocycles. The number of aromatic nitrogens is 3. The van der Waals surface area contributed by atoms with Crippen molar-refractivity contribution in [3.63, 3.8) is 0 Å². The van der Waals surface area contributed by atoms with E-state index in [2.05, 4.69) is 54.0 Å². The van der Waals surface area contributed by atoms with Crippen molar-refractivity contribution < 1.29 is 0 Å². The van der Waals surface area contributed by atoms with Gasteiger partial charge in [-0.3, -0.25) is 9.36 Å². The number of aryl methyl sites for hydroxylation is 3. The first-order valence-electron chi connectivity index (χ1n) is 10.3. The average molecular weight is 393 g/mol. The molecule has 2 aromatic heterocycles. The predicted molar refractivity (Wildman–Crippen MR) is 122 cm³/mol. The maximum atomic E-state index is 13.5. The van der Waals surface area contributed by atoms with E-state index in [0.717, 1.165) is 34.0 Å². The molecule has 0 saturated heterocycles. The predicted octanol–water partition coefficient (Wildman–Crippen LogP) is 4.95. The standard InChI is InChI=1S/C26H23N3O/c1-19-12-13-23-22(16-19)24-25(29(23)17-21-10-6-3-7-11-21)26(30)28(18-27-24)15-14-20-8-4-2-5-9-20/h2-13,16,18H,14-15,17H2,1H3. The zero-order valence-electron chi connectivity index (χ0n) is 17.0. The van der Waals surface area contributed by atoms with Crippen LogP contribution in [0.3, 0.4) is 0 Å². The second kappa shape index (κ2) is 7.64. The molecule has 4 heteroatoms. The van der Waals surface area contributed by atoms with Crippen molar-refractivity contribution in [2.24, 2.45) is 0 Å². The molecule has 148 valence electrons. The fraction of sp³-hybridized carbons (Fsp3) is 0.154. The fourth-order valence-corrected chi connectivity index (χ4v) is 4.10. The lowest BCUT2D eigenvalue weighted by Gasteiger charge is -2.09. The monoisotopic (exact) mass is 393 g/mol. The highest BCUT2D eigenvalue weighted by molar-refractivity contribution is 6.05. The van der Waals surface area contributed by atoms with E-state index in [1.54, 1.807) is 10.9 Å². The van der Waals surface area contributed by atoms with Gasteiger partial charge in [0, 0.05) is 18.5 Å². The molecule has 0 aliphatic heterocycles. The van der Waals surface area contributed by atoms with E-state index in [1.165, 1.54) is 5.56 Å². The molecule has 0 fully saturated rings. The molecule has 0 unspecified atom stereocenters. The van der Waals surface area contributed by atoms with Crippen LogP contribution in [-0.2, 0) is 19.5 Å². The molecule has 0 bridgehead atoms. The summed E-state index contributed by atoms with van der Waals surface area (Å²) < 4.78 is 3.86. The van der Waals surface area contributed by atoms with Crippen molar-refractivity contribution in [2.75, 3.05) is 0 Å². The molecule has 5 aromatic rings. The molecular weight excluding hydrogens is 370 g/mol. The molecular formula is C26H23N3O. The van der Waals surface area contributed by atoms with Crippen molar-refractivity contribution in [3.8, 4) is 0 Å². The first-order valence-corrected chi connectivity index (χ1v) is 10.3. The van der Waals surface area contributed by atoms with E-state index in [9.17, 15) is 4.79 Å². The number of benzene rings is 3. The number of rotatable bonds is 5. The summed E-state index contributed by atoms with van der Waals surface area (Å²) in [6, 6.07) is 26.8. The number of hydrogen-bond donors (Lipinski definition) is 0. The number of fused-ring (bicyclic) bond motifs is 3. The Morgan fingerprint density at radius 1 is 0.867 bits per heavy atom. The van der Waals surface area contributed by atoms with Crippen LogP contribution < -0.4 is 5.56 Å². The van der Waals surface area contributed by atoms with Gasteiger partial charge in [0.2, 0.25) is 0 Å². The van der Waals surface area contributed by atoms with E-state index >= 15 is 0 Å². The first kappa shape index (κ1) is 18.4. The normalized spacial score (nSPS) is 11.4. The van der Waals surface area contributed by atoms with E-state index in [0.29, 0.717) is 18.6 Å². The molecule has 0 N–H and O–H groups in total. The average Bonchev–Trinajstić information content (AvgIpc) is 3.08. The summed E-state index contributed by atoms with van der Waals surface area (Å²) in [5.74, 6) is 0. The van der Waals surface area contributed by atoms with Crippen LogP contribution in [0.1, 0.15) is 16.7 Å². The van der Waals surface area contributed by atoms with Crippen molar-refractivity contribution >= 4 is 21.9 Å². The minimum atomic E-state index is 0.0146. The second-order valence-electron chi connectivity index (χ2n) is 7.77. The van der Waals surface area contributed by atoms with Crippen LogP contribution in [0, 0.1) is 6.92 Å². The highest BCUT2D eigenvalue weighted by atomic mass is 16.1. The molecule has 0 atom stereocenters. The topological polar surface area (TPSA) is 39.8 Å². The summed E-state index contributed by atoms with van der Waals surface area (Å²) in [4.78, 5) is 18.2. The Labute approximate surface area is 175 Å². The highest BCUT2D eigenvalue weighted by Gasteiger charge is 2.17. The zero-order chi connectivity index (χ0) is 20.5. The van der Waals surface area contributed by atoms with Crippen molar-refractivity contribution in [1.29, 1.82) is 0 Å². The van der Waals surface area contributed by atoms with Gasteiger partial charge in [0.05, 0.1) is 11.8 Å². The molecule has 0 spiro atoms. The van der Waals surface area contributed by atoms with Crippen LogP contribution in [0.5, 0.6) is 0 Å². The van der Waals surface area contributed by atoms with Crippen LogP contribution in [0.25, 0.3) is 21.9 Å². The summed E-state index contributed by atoms with van der Waals surface area (Å²) >= 11 is 0. The maximum Gasteiger partial charge on any atom is 0.277 e. The molecule has 5 rings (SSSR count). The number of hydrogen-bond acceptors (Lipinski definition) is 2. The highest BCUT2D eigenvalue weighted by Crippen LogP contribution is 2.27. The van der Waals surface area contributed by atoms with Gasteiger partial charge < -0.3 is 4.57 Å². The SMILES string of the molecule is Cc1ccc2c(c1)c1ncn(CCc3ccccc3)c(=O)c1n2Cc1ccccc1. The van der Waals surface area contributed by atoms with Gasteiger partial charge in [-0.2, -0.15) is 0 Å². The van der Waals surface area contributed by atoms with Gasteiger partial charge in [0.25, 0.3) is 5.56 Å². The van der Waals surface area contributed by atoms with Crippen LogP contribution in [0.2, 0.25) is 0 Å². The summed E-state index contributed by atoms with van der Waals surface area (Å²) in [6.45, 7) is 3.32. The Hall–Kier alpha value is -3.66. The Morgan fingerprint density at radius 2 is 1.57 bits per heavy atom. The van der Waals surface area contributed by atoms with Crippen molar-refractivity contribution in [2.45, 2.75) is 26.4 Å². The third-order valence-electron chi connectivity index (χ3n) is 5.65. The van der Waals surface area contributed by atoms with Crippen LogP contribution in [0.4, 0.5) is 0 Å². The first-order chi connectivity index (χ1) is 14.7. The summed E-state index contributed by atoms with van der Waals surface area (Å²) in [6.07, 6.45) is 2.49. The molecule has 0 radical (unpaired) electrons. The van der Waals surface area contributed by atoms with Gasteiger partial charge in [-0.25, -0.2) is 4.98 Å². The maximum absolute atomic E-state index is 13.5. The van der Waals surface area contributed by atoms with Crippen molar-refractivity contribution in [3.05, 3.63) is 112 Å². The third kappa shape index (κ3) is 3.30. The van der Waals surface area contributed by atoms with Gasteiger partial charge in [0.1, 0.15) is 11.0 Å². The van der Waals surface area contributed by atoms with Gasteiger partial charge in [0.15, 0.2) is 0 Å². The van der Waals surface area contributed by atoms with Crippen LogP contribution in [-0.4, -0.2) is 14.1 Å². The quantitative estimate of drug-likeness (QED) is 0.424. The Balaban J connectivity index is 1.66. The largest absolute Gasteiger partial charge is 0.330 e. The molecule has 0 amide bonds. The van der Waals surface area contributed by atoms with E-state index < -0.39 is 0 Å². The Kier molecular flexibility index (Phi) is 4.68. The van der Waals surface area contributed by atoms with Crippen LogP contribution >= 0.6 is 0 Å². The van der Waals surface area contributed by atoms with Gasteiger partial charge >= 0.3 is 0 Å². The minimum Gasteiger partial charge on any atom is -0.330 e. The minimum absolute atomic E-state index is 0.0146. The van der Waals surface area contributed by atoms with Gasteiger partial charge in [-0.1, -0.05) is 72.3 Å². The van der Waals surface area contributed by atoms with Gasteiger partial charge in [-0.15, -0.1) is 0 Å². The molecule has 0 aliphatic rings. The lowest BCUT2D eigenvalue weighted by atomic mass is 10.1. The lowest BCUT2D eigenvalue weighted by molar-refractivity contribution is 0.658. The molecule has 0 aliphatic carbocycles. The smallest absolute Gasteiger partial charge is 0.277 e.